The highest BCUT2D eigenvalue weighted by molar-refractivity contribution is 6.05. The molecule has 1 amide bonds. The minimum Gasteiger partial charge on any atom is -0.550 e. The van der Waals surface area contributed by atoms with E-state index in [1.54, 1.807) is 19.2 Å². The Morgan fingerprint density at radius 3 is 2.76 bits per heavy atom. The Morgan fingerprint density at radius 1 is 1.28 bits per heavy atom. The smallest absolute Gasteiger partial charge is 0.243 e. The Kier molecular flexibility index (Phi) is 4.83. The minimum atomic E-state index is -1.27. The standard InChI is InChI=1S/C18H18N2O5/c1-24-15-6-3-2-5-12(15)13-11-14(16-7-4-10-25-16)20(19-13)17(21)8-9-18(22)23/h2-7,10,14H,8-9,11H2,1H3,(H,22,23)/p-1/t14-/m0/s1. The average Bonchev–Trinajstić information content (AvgIpc) is 3.28. The fourth-order valence-corrected chi connectivity index (χ4v) is 2.81. The molecule has 0 fully saturated rings. The molecule has 1 aliphatic heterocycles. The van der Waals surface area contributed by atoms with E-state index in [0.717, 1.165) is 5.56 Å². The molecule has 0 spiro atoms. The van der Waals surface area contributed by atoms with Gasteiger partial charge in [0, 0.05) is 24.4 Å². The van der Waals surface area contributed by atoms with Crippen LogP contribution in [-0.2, 0) is 9.59 Å². The van der Waals surface area contributed by atoms with E-state index in [2.05, 4.69) is 5.10 Å². The summed E-state index contributed by atoms with van der Waals surface area (Å²) in [7, 11) is 1.57. The topological polar surface area (TPSA) is 95.2 Å². The highest BCUT2D eigenvalue weighted by Crippen LogP contribution is 2.35. The lowest BCUT2D eigenvalue weighted by molar-refractivity contribution is -0.305. The maximum absolute atomic E-state index is 12.4. The van der Waals surface area contributed by atoms with Crippen molar-refractivity contribution in [3.05, 3.63) is 54.0 Å². The number of benzene rings is 1. The molecule has 3 rings (SSSR count). The molecule has 0 N–H and O–H groups in total. The molecule has 1 atom stereocenters. The number of aliphatic carboxylic acids is 1. The zero-order valence-electron chi connectivity index (χ0n) is 13.7. The van der Waals surface area contributed by atoms with Crippen molar-refractivity contribution in [2.75, 3.05) is 7.11 Å². The molecule has 7 heteroatoms. The minimum absolute atomic E-state index is 0.178. The monoisotopic (exact) mass is 341 g/mol. The van der Waals surface area contributed by atoms with Crippen LogP contribution in [0, 0.1) is 0 Å². The van der Waals surface area contributed by atoms with Gasteiger partial charge in [-0.3, -0.25) is 4.79 Å². The molecule has 25 heavy (non-hydrogen) atoms. The summed E-state index contributed by atoms with van der Waals surface area (Å²) in [6.45, 7) is 0. The zero-order valence-corrected chi connectivity index (χ0v) is 13.7. The molecule has 0 aliphatic carbocycles. The number of hydrogen-bond acceptors (Lipinski definition) is 6. The van der Waals surface area contributed by atoms with Crippen LogP contribution in [0.1, 0.15) is 36.6 Å². The van der Waals surface area contributed by atoms with Gasteiger partial charge in [-0.05, 0) is 30.7 Å². The van der Waals surface area contributed by atoms with Crippen LogP contribution in [0.3, 0.4) is 0 Å². The van der Waals surface area contributed by atoms with Crippen molar-refractivity contribution < 1.29 is 23.8 Å². The van der Waals surface area contributed by atoms with Crippen LogP contribution in [0.4, 0.5) is 0 Å². The number of ether oxygens (including phenoxy) is 1. The molecule has 1 aliphatic rings. The SMILES string of the molecule is COc1ccccc1C1=NN(C(=O)CCC(=O)[O-])[C@H](c2ccco2)C1. The van der Waals surface area contributed by atoms with Crippen LogP contribution < -0.4 is 9.84 Å². The van der Waals surface area contributed by atoms with Crippen molar-refractivity contribution in [1.29, 1.82) is 0 Å². The summed E-state index contributed by atoms with van der Waals surface area (Å²) >= 11 is 0. The number of carboxylic acids is 1. The number of carbonyl (C=O) groups is 2. The number of furan rings is 1. The van der Waals surface area contributed by atoms with Gasteiger partial charge in [0.15, 0.2) is 0 Å². The Balaban J connectivity index is 1.91. The van der Waals surface area contributed by atoms with Gasteiger partial charge in [-0.2, -0.15) is 5.10 Å². The van der Waals surface area contributed by atoms with Gasteiger partial charge in [0.25, 0.3) is 0 Å². The number of methoxy groups -OCH3 is 1. The number of rotatable bonds is 6. The predicted molar refractivity (Wildman–Crippen MR) is 86.7 cm³/mol. The number of hydrazone groups is 1. The molecule has 1 aromatic carbocycles. The third-order valence-corrected chi connectivity index (χ3v) is 4.00. The summed E-state index contributed by atoms with van der Waals surface area (Å²) in [5.74, 6) is -0.412. The lowest BCUT2D eigenvalue weighted by Gasteiger charge is -2.19. The Morgan fingerprint density at radius 2 is 2.08 bits per heavy atom. The van der Waals surface area contributed by atoms with Crippen molar-refractivity contribution in [1.82, 2.24) is 5.01 Å². The second-order valence-corrected chi connectivity index (χ2v) is 5.59. The highest BCUT2D eigenvalue weighted by Gasteiger charge is 2.35. The maximum atomic E-state index is 12.4. The van der Waals surface area contributed by atoms with Gasteiger partial charge in [-0.1, -0.05) is 12.1 Å². The molecule has 0 radical (unpaired) electrons. The van der Waals surface area contributed by atoms with E-state index >= 15 is 0 Å². The number of amides is 1. The summed E-state index contributed by atoms with van der Waals surface area (Å²) in [5.41, 5.74) is 1.47. The summed E-state index contributed by atoms with van der Waals surface area (Å²) in [5, 5.41) is 16.4. The first-order valence-electron chi connectivity index (χ1n) is 7.86. The lowest BCUT2D eigenvalue weighted by atomic mass is 10.0. The molecule has 0 saturated heterocycles. The van der Waals surface area contributed by atoms with Crippen LogP contribution >= 0.6 is 0 Å². The third kappa shape index (κ3) is 3.55. The number of nitrogens with zero attached hydrogens (tertiary/aromatic N) is 2. The Hall–Kier alpha value is -3.09. The first-order chi connectivity index (χ1) is 12.1. The lowest BCUT2D eigenvalue weighted by Crippen LogP contribution is -2.29. The van der Waals surface area contributed by atoms with Gasteiger partial charge in [-0.15, -0.1) is 0 Å². The summed E-state index contributed by atoms with van der Waals surface area (Å²) < 4.78 is 10.8. The zero-order chi connectivity index (χ0) is 17.8. The van der Waals surface area contributed by atoms with Gasteiger partial charge in [-0.25, -0.2) is 5.01 Å². The van der Waals surface area contributed by atoms with Crippen molar-refractivity contribution in [3.8, 4) is 5.75 Å². The first kappa shape index (κ1) is 16.8. The molecular weight excluding hydrogens is 324 g/mol. The fourth-order valence-electron chi connectivity index (χ4n) is 2.81. The molecule has 1 aromatic heterocycles. The first-order valence-corrected chi connectivity index (χ1v) is 7.86. The van der Waals surface area contributed by atoms with Gasteiger partial charge >= 0.3 is 0 Å². The van der Waals surface area contributed by atoms with Crippen molar-refractivity contribution in [3.63, 3.8) is 0 Å². The normalized spacial score (nSPS) is 16.6. The van der Waals surface area contributed by atoms with Gasteiger partial charge in [0.05, 0.1) is 19.1 Å². The second kappa shape index (κ2) is 7.21. The maximum Gasteiger partial charge on any atom is 0.243 e. The average molecular weight is 341 g/mol. The van der Waals surface area contributed by atoms with E-state index in [-0.39, 0.29) is 12.8 Å². The molecule has 0 saturated carbocycles. The predicted octanol–water partition coefficient (Wildman–Crippen LogP) is 1.50. The van der Waals surface area contributed by atoms with E-state index in [4.69, 9.17) is 9.15 Å². The number of para-hydroxylation sites is 1. The van der Waals surface area contributed by atoms with Crippen molar-refractivity contribution >= 4 is 17.6 Å². The second-order valence-electron chi connectivity index (χ2n) is 5.59. The third-order valence-electron chi connectivity index (χ3n) is 4.00. The number of hydrogen-bond donors (Lipinski definition) is 0. The van der Waals surface area contributed by atoms with E-state index in [9.17, 15) is 14.7 Å². The van der Waals surface area contributed by atoms with Crippen LogP contribution in [0.5, 0.6) is 5.75 Å². The Bertz CT molecular complexity index is 798. The van der Waals surface area contributed by atoms with E-state index < -0.39 is 17.9 Å². The molecular formula is C18H17N2O5-. The molecule has 2 aromatic rings. The van der Waals surface area contributed by atoms with E-state index in [0.29, 0.717) is 23.6 Å². The number of carbonyl (C=O) groups excluding carboxylic acids is 2. The van der Waals surface area contributed by atoms with E-state index in [1.807, 2.05) is 24.3 Å². The van der Waals surface area contributed by atoms with Crippen molar-refractivity contribution in [2.45, 2.75) is 25.3 Å². The highest BCUT2D eigenvalue weighted by atomic mass is 16.5. The van der Waals surface area contributed by atoms with Crippen LogP contribution in [0.25, 0.3) is 0 Å². The molecule has 130 valence electrons. The van der Waals surface area contributed by atoms with E-state index in [1.165, 1.54) is 11.3 Å². The quantitative estimate of drug-likeness (QED) is 0.793. The summed E-state index contributed by atoms with van der Waals surface area (Å²) in [6, 6.07) is 10.5. The van der Waals surface area contributed by atoms with Gasteiger partial charge in [0.1, 0.15) is 17.6 Å². The van der Waals surface area contributed by atoms with Gasteiger partial charge < -0.3 is 19.1 Å². The number of carboxylic acid groups (broad SMARTS) is 1. The van der Waals surface area contributed by atoms with Gasteiger partial charge in [0.2, 0.25) is 5.91 Å². The molecule has 7 nitrogen and oxygen atoms in total. The molecule has 0 unspecified atom stereocenters. The largest absolute Gasteiger partial charge is 0.550 e. The molecule has 2 heterocycles. The van der Waals surface area contributed by atoms with Crippen LogP contribution in [-0.4, -0.2) is 29.7 Å². The van der Waals surface area contributed by atoms with Crippen LogP contribution in [0.15, 0.2) is 52.2 Å². The van der Waals surface area contributed by atoms with Crippen LogP contribution in [0.2, 0.25) is 0 Å². The summed E-state index contributed by atoms with van der Waals surface area (Å²) in [4.78, 5) is 23.1. The Labute approximate surface area is 144 Å². The summed E-state index contributed by atoms with van der Waals surface area (Å²) in [6.07, 6.45) is 1.45. The fraction of sp³-hybridized carbons (Fsp3) is 0.278. The molecule has 0 bridgehead atoms. The van der Waals surface area contributed by atoms with Crippen molar-refractivity contribution in [2.24, 2.45) is 5.10 Å².